The van der Waals surface area contributed by atoms with E-state index >= 15 is 0 Å². The first kappa shape index (κ1) is 19.4. The molecule has 3 aromatic rings. The number of aromatic nitrogens is 3. The van der Waals surface area contributed by atoms with Crippen LogP contribution in [-0.2, 0) is 0 Å². The van der Waals surface area contributed by atoms with E-state index < -0.39 is 0 Å². The van der Waals surface area contributed by atoms with Gasteiger partial charge < -0.3 is 19.8 Å². The fraction of sp³-hybridized carbons (Fsp3) is 0.381. The van der Waals surface area contributed by atoms with Crippen molar-refractivity contribution in [2.24, 2.45) is 4.99 Å². The number of fused-ring (bicyclic) bond motifs is 1. The van der Waals surface area contributed by atoms with Crippen LogP contribution in [0.2, 0.25) is 0 Å². The molecule has 29 heavy (non-hydrogen) atoms. The van der Waals surface area contributed by atoms with Gasteiger partial charge in [0.1, 0.15) is 18.2 Å². The van der Waals surface area contributed by atoms with E-state index in [9.17, 15) is 5.11 Å². The Kier molecular flexibility index (Phi) is 5.73. The molecule has 4 heterocycles. The van der Waals surface area contributed by atoms with Crippen molar-refractivity contribution < 1.29 is 14.9 Å². The van der Waals surface area contributed by atoms with Crippen molar-refractivity contribution in [3.8, 4) is 16.9 Å². The van der Waals surface area contributed by atoms with Crippen molar-refractivity contribution in [2.75, 3.05) is 38.3 Å². The maximum Gasteiger partial charge on any atom is 0.138 e. The molecule has 3 aromatic heterocycles. The molecule has 0 radical (unpaired) electrons. The van der Waals surface area contributed by atoms with Gasteiger partial charge in [0.25, 0.3) is 0 Å². The second-order valence-corrected chi connectivity index (χ2v) is 7.09. The van der Waals surface area contributed by atoms with E-state index in [-0.39, 0.29) is 19.3 Å². The number of ether oxygens (including phenoxy) is 1. The second kappa shape index (κ2) is 8.59. The lowest BCUT2D eigenvalue weighted by Gasteiger charge is -2.31. The normalized spacial score (nSPS) is 17.3. The van der Waals surface area contributed by atoms with Crippen molar-refractivity contribution in [3.63, 3.8) is 0 Å². The molecule has 1 saturated heterocycles. The number of nitrogens with zero attached hydrogens (tertiary/aromatic N) is 5. The second-order valence-electron chi connectivity index (χ2n) is 7.09. The van der Waals surface area contributed by atoms with Crippen molar-refractivity contribution in [1.82, 2.24) is 14.6 Å². The minimum absolute atomic E-state index is 0.0574. The Hall–Kier alpha value is -2.97. The highest BCUT2D eigenvalue weighted by molar-refractivity contribution is 5.96. The third-order valence-corrected chi connectivity index (χ3v) is 5.02. The van der Waals surface area contributed by atoms with E-state index in [0.717, 1.165) is 47.4 Å². The number of anilines is 1. The summed E-state index contributed by atoms with van der Waals surface area (Å²) in [5.74, 6) is 1.48. The minimum atomic E-state index is -0.298. The zero-order chi connectivity index (χ0) is 20.2. The summed E-state index contributed by atoms with van der Waals surface area (Å²) in [7, 11) is 1.73. The van der Waals surface area contributed by atoms with Gasteiger partial charge in [0.2, 0.25) is 0 Å². The first-order valence-corrected chi connectivity index (χ1v) is 9.76. The molecule has 0 unspecified atom stereocenters. The van der Waals surface area contributed by atoms with Crippen LogP contribution in [0.25, 0.3) is 16.6 Å². The fourth-order valence-electron chi connectivity index (χ4n) is 3.71. The largest absolute Gasteiger partial charge is 0.490 e. The third-order valence-electron chi connectivity index (χ3n) is 5.02. The molecule has 1 aliphatic rings. The number of hydrogen-bond acceptors (Lipinski definition) is 7. The molecule has 152 valence electrons. The van der Waals surface area contributed by atoms with E-state index in [1.807, 2.05) is 24.4 Å². The van der Waals surface area contributed by atoms with Crippen LogP contribution in [0.1, 0.15) is 18.4 Å². The topological polar surface area (TPSA) is 95.5 Å². The van der Waals surface area contributed by atoms with Crippen molar-refractivity contribution in [1.29, 1.82) is 0 Å². The van der Waals surface area contributed by atoms with Crippen LogP contribution in [0, 0.1) is 0 Å². The number of aliphatic imine (C=N–C) groups is 1. The molecular weight excluding hydrogens is 370 g/mol. The molecule has 0 aliphatic carbocycles. The number of aliphatic hydroxyl groups is 2. The van der Waals surface area contributed by atoms with Crippen LogP contribution in [0.3, 0.4) is 0 Å². The Morgan fingerprint density at radius 1 is 1.34 bits per heavy atom. The maximum atomic E-state index is 9.93. The van der Waals surface area contributed by atoms with Gasteiger partial charge in [-0.1, -0.05) is 0 Å². The van der Waals surface area contributed by atoms with Gasteiger partial charge in [-0.05, 0) is 31.0 Å². The molecule has 1 atom stereocenters. The predicted molar refractivity (Wildman–Crippen MR) is 112 cm³/mol. The summed E-state index contributed by atoms with van der Waals surface area (Å²) >= 11 is 0. The summed E-state index contributed by atoms with van der Waals surface area (Å²) in [5, 5.41) is 23.4. The molecule has 1 aliphatic heterocycles. The highest BCUT2D eigenvalue weighted by atomic mass is 16.5. The molecular formula is C21H25N5O3. The summed E-state index contributed by atoms with van der Waals surface area (Å²) in [4.78, 5) is 10.9. The van der Waals surface area contributed by atoms with Gasteiger partial charge in [0, 0.05) is 49.2 Å². The fourth-order valence-corrected chi connectivity index (χ4v) is 3.71. The summed E-state index contributed by atoms with van der Waals surface area (Å²) in [5.41, 5.74) is 3.66. The molecule has 2 N–H and O–H groups in total. The summed E-state index contributed by atoms with van der Waals surface area (Å²) < 4.78 is 7.38. The first-order valence-electron chi connectivity index (χ1n) is 9.76. The molecule has 0 bridgehead atoms. The maximum absolute atomic E-state index is 9.93. The number of rotatable bonds is 6. The Morgan fingerprint density at radius 2 is 2.24 bits per heavy atom. The smallest absolute Gasteiger partial charge is 0.138 e. The quantitative estimate of drug-likeness (QED) is 0.618. The SMILES string of the molecule is C/N=C\c1cnn2cc(OCCO)cc(-c3ccc(N4CCC[C@H](O)C4)nc3)c12. The third kappa shape index (κ3) is 4.08. The lowest BCUT2D eigenvalue weighted by atomic mass is 10.0. The number of β-amino-alcohol motifs (C(OH)–C–C–N with tert-alkyl or cyclic N) is 1. The van der Waals surface area contributed by atoms with Gasteiger partial charge in [-0.25, -0.2) is 9.50 Å². The van der Waals surface area contributed by atoms with Crippen molar-refractivity contribution >= 4 is 17.5 Å². The highest BCUT2D eigenvalue weighted by Gasteiger charge is 2.19. The van der Waals surface area contributed by atoms with Crippen LogP contribution < -0.4 is 9.64 Å². The molecule has 0 saturated carbocycles. The summed E-state index contributed by atoms with van der Waals surface area (Å²) in [6.45, 7) is 1.67. The Balaban J connectivity index is 1.73. The average Bonchev–Trinajstić information content (AvgIpc) is 3.15. The zero-order valence-electron chi connectivity index (χ0n) is 16.4. The van der Waals surface area contributed by atoms with E-state index in [4.69, 9.17) is 9.84 Å². The number of aliphatic hydroxyl groups excluding tert-OH is 2. The monoisotopic (exact) mass is 395 g/mol. The van der Waals surface area contributed by atoms with Crippen molar-refractivity contribution in [2.45, 2.75) is 18.9 Å². The molecule has 0 amide bonds. The Bertz CT molecular complexity index is 999. The highest BCUT2D eigenvalue weighted by Crippen LogP contribution is 2.31. The average molecular weight is 395 g/mol. The van der Waals surface area contributed by atoms with E-state index in [0.29, 0.717) is 12.3 Å². The van der Waals surface area contributed by atoms with E-state index in [2.05, 4.69) is 20.0 Å². The zero-order valence-corrected chi connectivity index (χ0v) is 16.4. The van der Waals surface area contributed by atoms with Crippen LogP contribution in [0.4, 0.5) is 5.82 Å². The van der Waals surface area contributed by atoms with Crippen molar-refractivity contribution in [3.05, 3.63) is 42.4 Å². The number of hydrogen-bond donors (Lipinski definition) is 2. The van der Waals surface area contributed by atoms with E-state index in [1.54, 1.807) is 30.2 Å². The van der Waals surface area contributed by atoms with Gasteiger partial charge in [-0.15, -0.1) is 0 Å². The minimum Gasteiger partial charge on any atom is -0.490 e. The van der Waals surface area contributed by atoms with Crippen LogP contribution in [0.5, 0.6) is 5.75 Å². The molecule has 4 rings (SSSR count). The predicted octanol–water partition coefficient (Wildman–Crippen LogP) is 1.78. The van der Waals surface area contributed by atoms with Gasteiger partial charge in [0.05, 0.1) is 30.6 Å². The molecule has 8 nitrogen and oxygen atoms in total. The molecule has 0 spiro atoms. The van der Waals surface area contributed by atoms with Gasteiger partial charge in [-0.3, -0.25) is 4.99 Å². The lowest BCUT2D eigenvalue weighted by molar-refractivity contribution is 0.154. The van der Waals surface area contributed by atoms with Gasteiger partial charge in [0.15, 0.2) is 0 Å². The lowest BCUT2D eigenvalue weighted by Crippen LogP contribution is -2.38. The van der Waals surface area contributed by atoms with Crippen LogP contribution in [0.15, 0.2) is 41.8 Å². The van der Waals surface area contributed by atoms with Gasteiger partial charge >= 0.3 is 0 Å². The standard InChI is InChI=1S/C21H25N5O3/c1-22-10-16-12-24-26-14-18(29-8-7-27)9-19(21(16)26)15-4-5-20(23-11-15)25-6-2-3-17(28)13-25/h4-5,9-12,14,17,27-28H,2-3,6-8,13H2,1H3/b22-10-/t17-/m0/s1. The summed E-state index contributed by atoms with van der Waals surface area (Å²) in [6.07, 6.45) is 8.67. The van der Waals surface area contributed by atoms with Crippen LogP contribution in [-0.4, -0.2) is 70.5 Å². The Morgan fingerprint density at radius 3 is 2.97 bits per heavy atom. The number of pyridine rings is 2. The van der Waals surface area contributed by atoms with Gasteiger partial charge in [-0.2, -0.15) is 5.10 Å². The molecule has 1 fully saturated rings. The first-order chi connectivity index (χ1) is 14.2. The summed E-state index contributed by atoms with van der Waals surface area (Å²) in [6, 6.07) is 5.93. The Labute approximate surface area is 169 Å². The number of piperidine rings is 1. The van der Waals surface area contributed by atoms with E-state index in [1.165, 1.54) is 0 Å². The molecule has 0 aromatic carbocycles. The van der Waals surface area contributed by atoms with Crippen LogP contribution >= 0.6 is 0 Å². The molecule has 8 heteroatoms.